The third kappa shape index (κ3) is 7.25. The normalized spacial score (nSPS) is 14.6. The average Bonchev–Trinajstić information content (AvgIpc) is 2.91. The number of hydrogen-bond donors (Lipinski definition) is 3. The van der Waals surface area contributed by atoms with Crippen LogP contribution in [0.3, 0.4) is 0 Å². The molecule has 1 saturated heterocycles. The Hall–Kier alpha value is -3.89. The summed E-state index contributed by atoms with van der Waals surface area (Å²) in [7, 11) is 0. The summed E-state index contributed by atoms with van der Waals surface area (Å²) >= 11 is 6.07. The minimum atomic E-state index is -1.19. The van der Waals surface area contributed by atoms with Gasteiger partial charge in [0.15, 0.2) is 11.6 Å². The molecule has 41 heavy (non-hydrogen) atoms. The Labute approximate surface area is 241 Å². The number of ether oxygens (including phenoxy) is 2. The van der Waals surface area contributed by atoms with E-state index in [0.717, 1.165) is 25.0 Å². The number of anilines is 1. The van der Waals surface area contributed by atoms with Gasteiger partial charge >= 0.3 is 12.0 Å². The number of piperidine rings is 1. The number of aliphatic hydroxyl groups is 1. The van der Waals surface area contributed by atoms with E-state index >= 15 is 0 Å². The summed E-state index contributed by atoms with van der Waals surface area (Å²) in [6, 6.07) is 11.2. The highest BCUT2D eigenvalue weighted by Crippen LogP contribution is 2.36. The molecule has 4 rings (SSSR count). The quantitative estimate of drug-likeness (QED) is 0.236. The van der Waals surface area contributed by atoms with Gasteiger partial charge in [0.05, 0.1) is 16.2 Å². The molecule has 3 aromatic rings. The number of halogens is 3. The first-order chi connectivity index (χ1) is 19.5. The number of nitrogens with one attached hydrogen (secondary N) is 1. The van der Waals surface area contributed by atoms with Crippen LogP contribution in [0.15, 0.2) is 54.6 Å². The van der Waals surface area contributed by atoms with E-state index in [1.54, 1.807) is 4.90 Å². The van der Waals surface area contributed by atoms with Gasteiger partial charge in [0.25, 0.3) is 0 Å². The van der Waals surface area contributed by atoms with Gasteiger partial charge in [0, 0.05) is 49.1 Å². The number of carboxylic acid groups (broad SMARTS) is 1. The van der Waals surface area contributed by atoms with Gasteiger partial charge in [-0.1, -0.05) is 38.3 Å². The zero-order valence-electron chi connectivity index (χ0n) is 22.6. The Morgan fingerprint density at radius 1 is 0.927 bits per heavy atom. The van der Waals surface area contributed by atoms with Crippen molar-refractivity contribution in [2.45, 2.75) is 45.1 Å². The van der Waals surface area contributed by atoms with Gasteiger partial charge in [-0.05, 0) is 43.0 Å². The number of rotatable bonds is 9. The lowest BCUT2D eigenvalue weighted by Gasteiger charge is -2.42. The number of benzene rings is 3. The molecule has 1 heterocycles. The highest BCUT2D eigenvalue weighted by molar-refractivity contribution is 6.33. The molecule has 218 valence electrons. The van der Waals surface area contributed by atoms with Crippen LogP contribution in [-0.2, 0) is 0 Å². The van der Waals surface area contributed by atoms with Crippen LogP contribution in [0.1, 0.15) is 49.9 Å². The maximum atomic E-state index is 13.8. The Morgan fingerprint density at radius 3 is 2.05 bits per heavy atom. The van der Waals surface area contributed by atoms with Gasteiger partial charge in [0.2, 0.25) is 0 Å². The highest BCUT2D eigenvalue weighted by Gasteiger charge is 2.39. The molecule has 0 bridgehead atoms. The molecule has 1 aliphatic heterocycles. The van der Waals surface area contributed by atoms with Crippen molar-refractivity contribution in [3.8, 4) is 23.0 Å². The summed E-state index contributed by atoms with van der Waals surface area (Å²) in [6.45, 7) is 4.85. The number of nitrogens with zero attached hydrogens (tertiary/aromatic N) is 1. The van der Waals surface area contributed by atoms with Crippen LogP contribution in [0.5, 0.6) is 23.0 Å². The molecule has 0 radical (unpaired) electrons. The fourth-order valence-corrected chi connectivity index (χ4v) is 5.31. The van der Waals surface area contributed by atoms with E-state index < -0.39 is 23.2 Å². The molecule has 3 N–H and O–H groups in total. The lowest BCUT2D eigenvalue weighted by atomic mass is 9.77. The molecular formula is C30H31ClF2N2O6. The van der Waals surface area contributed by atoms with Crippen molar-refractivity contribution in [2.75, 3.05) is 18.4 Å². The minimum absolute atomic E-state index is 0.0175. The van der Waals surface area contributed by atoms with Gasteiger partial charge < -0.3 is 29.9 Å². The van der Waals surface area contributed by atoms with Crippen molar-refractivity contribution in [3.05, 3.63) is 76.8 Å². The van der Waals surface area contributed by atoms with Crippen LogP contribution in [0.2, 0.25) is 5.02 Å². The Balaban J connectivity index is 1.56. The summed E-state index contributed by atoms with van der Waals surface area (Å²) in [4.78, 5) is 26.0. The van der Waals surface area contributed by atoms with Crippen molar-refractivity contribution in [2.24, 2.45) is 5.92 Å². The largest absolute Gasteiger partial charge is 0.478 e. The molecule has 2 amide bonds. The number of urea groups is 1. The summed E-state index contributed by atoms with van der Waals surface area (Å²) in [6.07, 6.45) is 2.65. The summed E-state index contributed by atoms with van der Waals surface area (Å²) in [5.41, 5.74) is -0.615. The van der Waals surface area contributed by atoms with E-state index in [4.69, 9.17) is 21.1 Å². The van der Waals surface area contributed by atoms with Crippen molar-refractivity contribution in [3.63, 3.8) is 0 Å². The number of carbonyl (C=O) groups is 2. The predicted molar refractivity (Wildman–Crippen MR) is 150 cm³/mol. The molecule has 0 aromatic heterocycles. The van der Waals surface area contributed by atoms with Crippen LogP contribution in [0.4, 0.5) is 19.3 Å². The van der Waals surface area contributed by atoms with Crippen LogP contribution in [-0.4, -0.2) is 45.8 Å². The number of carbonyl (C=O) groups excluding carboxylic acids is 1. The fraction of sp³-hybridized carbons (Fsp3) is 0.333. The maximum absolute atomic E-state index is 13.8. The number of carboxylic acids is 1. The molecule has 3 aromatic carbocycles. The summed E-state index contributed by atoms with van der Waals surface area (Å²) < 4.78 is 38.8. The van der Waals surface area contributed by atoms with E-state index in [1.807, 2.05) is 0 Å². The number of amides is 2. The highest BCUT2D eigenvalue weighted by atomic mass is 35.5. The fourth-order valence-electron chi connectivity index (χ4n) is 5.06. The molecule has 0 aliphatic carbocycles. The number of aromatic carboxylic acids is 1. The maximum Gasteiger partial charge on any atom is 0.337 e. The second-order valence-corrected chi connectivity index (χ2v) is 10.4. The Morgan fingerprint density at radius 2 is 1.51 bits per heavy atom. The second-order valence-electron chi connectivity index (χ2n) is 9.95. The number of hydrogen-bond acceptors (Lipinski definition) is 5. The molecule has 1 aliphatic rings. The lowest BCUT2D eigenvalue weighted by Crippen LogP contribution is -2.51. The summed E-state index contributed by atoms with van der Waals surface area (Å²) in [5, 5.41) is 23.1. The smallest absolute Gasteiger partial charge is 0.337 e. The van der Waals surface area contributed by atoms with Crippen LogP contribution in [0, 0.1) is 17.6 Å². The van der Waals surface area contributed by atoms with E-state index in [0.29, 0.717) is 31.6 Å². The zero-order valence-corrected chi connectivity index (χ0v) is 23.4. The third-order valence-electron chi connectivity index (χ3n) is 7.33. The molecule has 0 spiro atoms. The van der Waals surface area contributed by atoms with Crippen molar-refractivity contribution in [1.29, 1.82) is 0 Å². The van der Waals surface area contributed by atoms with E-state index in [9.17, 15) is 28.6 Å². The Bertz CT molecular complexity index is 1420. The topological polar surface area (TPSA) is 108 Å². The van der Waals surface area contributed by atoms with Crippen LogP contribution < -0.4 is 14.8 Å². The second kappa shape index (κ2) is 12.7. The molecule has 0 unspecified atom stereocenters. The van der Waals surface area contributed by atoms with E-state index in [1.165, 1.54) is 42.5 Å². The first-order valence-electron chi connectivity index (χ1n) is 13.3. The molecule has 11 heteroatoms. The van der Waals surface area contributed by atoms with Gasteiger partial charge in [-0.3, -0.25) is 0 Å². The Kier molecular flexibility index (Phi) is 9.35. The monoisotopic (exact) mass is 588 g/mol. The van der Waals surface area contributed by atoms with Gasteiger partial charge in [0.1, 0.15) is 23.0 Å². The first kappa shape index (κ1) is 30.1. The predicted octanol–water partition coefficient (Wildman–Crippen LogP) is 7.70. The molecular weight excluding hydrogens is 558 g/mol. The van der Waals surface area contributed by atoms with Crippen molar-refractivity contribution in [1.82, 2.24) is 4.90 Å². The van der Waals surface area contributed by atoms with Gasteiger partial charge in [-0.15, -0.1) is 0 Å². The molecule has 8 nitrogen and oxygen atoms in total. The molecule has 1 fully saturated rings. The van der Waals surface area contributed by atoms with Crippen LogP contribution >= 0.6 is 11.6 Å². The lowest BCUT2D eigenvalue weighted by molar-refractivity contribution is -0.0619. The average molecular weight is 589 g/mol. The SMILES string of the molecule is CCC(CC)C1(O)CCN(C(=O)Nc2cc(Oc3ccc(F)c(F)c3)cc(Oc3ccc(C(=O)O)c(Cl)c3)c2)CC1. The van der Waals surface area contributed by atoms with Gasteiger partial charge in [-0.25, -0.2) is 18.4 Å². The van der Waals surface area contributed by atoms with Gasteiger partial charge in [-0.2, -0.15) is 0 Å². The first-order valence-corrected chi connectivity index (χ1v) is 13.7. The number of likely N-dealkylation sites (tertiary alicyclic amines) is 1. The van der Waals surface area contributed by atoms with Crippen LogP contribution in [0.25, 0.3) is 0 Å². The van der Waals surface area contributed by atoms with Crippen molar-refractivity contribution >= 4 is 29.3 Å². The summed E-state index contributed by atoms with van der Waals surface area (Å²) in [5.74, 6) is -2.56. The van der Waals surface area contributed by atoms with E-state index in [-0.39, 0.29) is 45.5 Å². The van der Waals surface area contributed by atoms with Crippen molar-refractivity contribution < 1.29 is 38.1 Å². The standard InChI is InChI=1S/C30H31ClF2N2O6/c1-3-18(4-2)30(39)9-11-35(12-10-30)29(38)34-19-13-22(40-20-5-7-24(28(36)37)25(31)16-20)15-23(14-19)41-21-6-8-26(32)27(33)17-21/h5-8,13-18,39H,3-4,9-12H2,1-2H3,(H,34,38)(H,36,37). The molecule has 0 saturated carbocycles. The minimum Gasteiger partial charge on any atom is -0.478 e. The molecule has 0 atom stereocenters. The van der Waals surface area contributed by atoms with E-state index in [2.05, 4.69) is 19.2 Å². The third-order valence-corrected chi connectivity index (χ3v) is 7.64. The zero-order chi connectivity index (χ0) is 29.7.